The summed E-state index contributed by atoms with van der Waals surface area (Å²) >= 11 is 0. The summed E-state index contributed by atoms with van der Waals surface area (Å²) in [6, 6.07) is 11.3. The van der Waals surface area contributed by atoms with Crippen LogP contribution < -0.4 is 15.0 Å². The maximum Gasteiger partial charge on any atom is 0.130 e. The number of aryl methyl sites for hydroxylation is 1. The Hall–Kier alpha value is -2.42. The Kier molecular flexibility index (Phi) is 2.79. The fraction of sp³-hybridized carbons (Fsp3) is 0.333. The maximum atomic E-state index is 5.48. The average molecular weight is 318 g/mol. The van der Waals surface area contributed by atoms with E-state index in [1.165, 1.54) is 39.2 Å². The van der Waals surface area contributed by atoms with Gasteiger partial charge in [-0.25, -0.2) is 0 Å². The lowest BCUT2D eigenvalue weighted by Gasteiger charge is -2.41. The first-order valence-corrected chi connectivity index (χ1v) is 8.77. The molecule has 3 aliphatic rings. The second-order valence-electron chi connectivity index (χ2n) is 7.26. The Morgan fingerprint density at radius 2 is 2.00 bits per heavy atom. The van der Waals surface area contributed by atoms with Crippen LogP contribution in [-0.2, 0) is 6.42 Å². The third-order valence-corrected chi connectivity index (χ3v) is 5.59. The molecule has 3 heteroatoms. The number of ether oxygens (including phenoxy) is 1. The van der Waals surface area contributed by atoms with Crippen LogP contribution in [0.4, 0.5) is 5.69 Å². The zero-order chi connectivity index (χ0) is 16.4. The lowest BCUT2D eigenvalue weighted by molar-refractivity contribution is 0.413. The number of fused-ring (bicyclic) bond motifs is 3. The van der Waals surface area contributed by atoms with Crippen molar-refractivity contribution in [3.63, 3.8) is 0 Å². The number of rotatable bonds is 2. The van der Waals surface area contributed by atoms with E-state index in [0.29, 0.717) is 5.92 Å². The zero-order valence-corrected chi connectivity index (χ0v) is 14.4. The first-order valence-electron chi connectivity index (χ1n) is 8.77. The van der Waals surface area contributed by atoms with Gasteiger partial charge in [-0.3, -0.25) is 0 Å². The van der Waals surface area contributed by atoms with E-state index in [4.69, 9.17) is 4.74 Å². The van der Waals surface area contributed by atoms with Gasteiger partial charge in [-0.15, -0.1) is 0 Å². The van der Waals surface area contributed by atoms with Gasteiger partial charge in [0.05, 0.1) is 12.8 Å². The van der Waals surface area contributed by atoms with Crippen LogP contribution >= 0.6 is 0 Å². The largest absolute Gasteiger partial charge is 0.497 e. The molecule has 2 aromatic rings. The van der Waals surface area contributed by atoms with Gasteiger partial charge >= 0.3 is 0 Å². The topological polar surface area (TPSA) is 24.5 Å². The van der Waals surface area contributed by atoms with Gasteiger partial charge in [0.15, 0.2) is 0 Å². The molecule has 0 bridgehead atoms. The Morgan fingerprint density at radius 3 is 2.79 bits per heavy atom. The molecular weight excluding hydrogens is 296 g/mol. The van der Waals surface area contributed by atoms with Crippen molar-refractivity contribution >= 4 is 5.69 Å². The molecular formula is C21H22N2O. The highest BCUT2D eigenvalue weighted by atomic mass is 16.5. The third-order valence-electron chi connectivity index (χ3n) is 5.59. The van der Waals surface area contributed by atoms with E-state index in [1.807, 2.05) is 0 Å². The van der Waals surface area contributed by atoms with Crippen LogP contribution in [0.15, 0.2) is 42.2 Å². The molecule has 0 amide bonds. The second kappa shape index (κ2) is 4.79. The molecule has 3 nitrogen and oxygen atoms in total. The van der Waals surface area contributed by atoms with Gasteiger partial charge in [-0.2, -0.15) is 0 Å². The van der Waals surface area contributed by atoms with E-state index in [2.05, 4.69) is 60.6 Å². The summed E-state index contributed by atoms with van der Waals surface area (Å²) in [5, 5.41) is 3.59. The minimum Gasteiger partial charge on any atom is -0.497 e. The number of nitrogens with one attached hydrogen (secondary N) is 1. The SMILES string of the molecule is COc1ccc2c(c1)C1NC=C3CCc4cc(C(C)C)cc-2c4N31. The summed E-state index contributed by atoms with van der Waals surface area (Å²) in [6.07, 6.45) is 4.63. The molecule has 2 aromatic carbocycles. The highest BCUT2D eigenvalue weighted by Crippen LogP contribution is 2.53. The Bertz CT molecular complexity index is 882. The number of methoxy groups -OCH3 is 1. The van der Waals surface area contributed by atoms with Gasteiger partial charge in [0.1, 0.15) is 11.9 Å². The summed E-state index contributed by atoms with van der Waals surface area (Å²) in [4.78, 5) is 2.50. The lowest BCUT2D eigenvalue weighted by atomic mass is 9.83. The number of anilines is 1. The van der Waals surface area contributed by atoms with Crippen molar-refractivity contribution in [2.24, 2.45) is 0 Å². The molecule has 24 heavy (non-hydrogen) atoms. The van der Waals surface area contributed by atoms with Gasteiger partial charge in [0.2, 0.25) is 0 Å². The first-order chi connectivity index (χ1) is 11.7. The van der Waals surface area contributed by atoms with Crippen LogP contribution in [0.5, 0.6) is 5.75 Å². The van der Waals surface area contributed by atoms with Gasteiger partial charge in [0, 0.05) is 23.0 Å². The fourth-order valence-corrected chi connectivity index (χ4v) is 4.31. The van der Waals surface area contributed by atoms with Crippen molar-refractivity contribution in [3.05, 3.63) is 58.9 Å². The van der Waals surface area contributed by atoms with Gasteiger partial charge < -0.3 is 15.0 Å². The van der Waals surface area contributed by atoms with E-state index < -0.39 is 0 Å². The molecule has 1 atom stereocenters. The van der Waals surface area contributed by atoms with E-state index in [1.54, 1.807) is 7.11 Å². The van der Waals surface area contributed by atoms with Gasteiger partial charge in [-0.1, -0.05) is 26.0 Å². The lowest BCUT2D eigenvalue weighted by Crippen LogP contribution is -2.35. The van der Waals surface area contributed by atoms with Gasteiger partial charge in [0.25, 0.3) is 0 Å². The Balaban J connectivity index is 1.83. The molecule has 0 aliphatic carbocycles. The van der Waals surface area contributed by atoms with Crippen molar-refractivity contribution in [2.45, 2.75) is 38.8 Å². The molecule has 3 heterocycles. The standard InChI is InChI=1S/C21H22N2O/c1-12(2)14-8-13-4-5-15-11-22-21-19-10-16(24-3)6-7-17(19)18(9-14)20(13)23(15)21/h6-12,21-22H,4-5H2,1-3H3. The van der Waals surface area contributed by atoms with E-state index >= 15 is 0 Å². The zero-order valence-electron chi connectivity index (χ0n) is 14.4. The number of hydrogen-bond acceptors (Lipinski definition) is 3. The molecule has 1 N–H and O–H groups in total. The monoisotopic (exact) mass is 318 g/mol. The molecule has 0 fully saturated rings. The van der Waals surface area contributed by atoms with Crippen LogP contribution in [0, 0.1) is 0 Å². The van der Waals surface area contributed by atoms with Crippen molar-refractivity contribution in [1.82, 2.24) is 5.32 Å². The smallest absolute Gasteiger partial charge is 0.130 e. The van der Waals surface area contributed by atoms with Crippen LogP contribution in [0.3, 0.4) is 0 Å². The second-order valence-corrected chi connectivity index (χ2v) is 7.26. The summed E-state index contributed by atoms with van der Waals surface area (Å²) in [5.41, 5.74) is 9.75. The van der Waals surface area contributed by atoms with Crippen LogP contribution in [-0.4, -0.2) is 7.11 Å². The average Bonchev–Trinajstić information content (AvgIpc) is 3.05. The van der Waals surface area contributed by atoms with Crippen LogP contribution in [0.1, 0.15) is 49.0 Å². The minimum atomic E-state index is 0.196. The number of hydrogen-bond donors (Lipinski definition) is 1. The van der Waals surface area contributed by atoms with E-state index in [0.717, 1.165) is 18.6 Å². The summed E-state index contributed by atoms with van der Waals surface area (Å²) in [6.45, 7) is 4.56. The van der Waals surface area contributed by atoms with Gasteiger partial charge in [-0.05, 0) is 53.6 Å². The third kappa shape index (κ3) is 1.73. The minimum absolute atomic E-state index is 0.196. The number of allylic oxidation sites excluding steroid dienone is 1. The van der Waals surface area contributed by atoms with Crippen LogP contribution in [0.2, 0.25) is 0 Å². The number of benzene rings is 2. The fourth-order valence-electron chi connectivity index (χ4n) is 4.31. The molecule has 0 spiro atoms. The molecule has 1 unspecified atom stereocenters. The maximum absolute atomic E-state index is 5.48. The van der Waals surface area contributed by atoms with Crippen molar-refractivity contribution in [1.29, 1.82) is 0 Å². The first kappa shape index (κ1) is 14.0. The van der Waals surface area contributed by atoms with Crippen molar-refractivity contribution in [2.75, 3.05) is 12.0 Å². The van der Waals surface area contributed by atoms with Crippen LogP contribution in [0.25, 0.3) is 11.1 Å². The summed E-state index contributed by atoms with van der Waals surface area (Å²) in [7, 11) is 1.74. The highest BCUT2D eigenvalue weighted by molar-refractivity contribution is 5.90. The highest BCUT2D eigenvalue weighted by Gasteiger charge is 2.39. The summed E-state index contributed by atoms with van der Waals surface area (Å²) in [5.74, 6) is 1.46. The molecule has 0 radical (unpaired) electrons. The predicted molar refractivity (Wildman–Crippen MR) is 97.3 cm³/mol. The van der Waals surface area contributed by atoms with E-state index in [-0.39, 0.29) is 6.17 Å². The molecule has 0 saturated heterocycles. The Morgan fingerprint density at radius 1 is 1.12 bits per heavy atom. The molecule has 5 rings (SSSR count). The quantitative estimate of drug-likeness (QED) is 0.869. The molecule has 122 valence electrons. The number of nitrogens with zero attached hydrogens (tertiary/aromatic N) is 1. The van der Waals surface area contributed by atoms with Crippen molar-refractivity contribution < 1.29 is 4.74 Å². The molecule has 0 saturated carbocycles. The predicted octanol–water partition coefficient (Wildman–Crippen LogP) is 4.70. The normalized spacial score (nSPS) is 19.6. The summed E-state index contributed by atoms with van der Waals surface area (Å²) < 4.78 is 5.48. The molecule has 3 aliphatic heterocycles. The Labute approximate surface area is 142 Å². The van der Waals surface area contributed by atoms with Crippen molar-refractivity contribution in [3.8, 4) is 16.9 Å². The van der Waals surface area contributed by atoms with E-state index in [9.17, 15) is 0 Å². The molecule has 0 aromatic heterocycles.